The Hall–Kier alpha value is -1.09. The van der Waals surface area contributed by atoms with Crippen molar-refractivity contribution in [3.05, 3.63) is 24.0 Å². The normalized spacial score (nSPS) is 10.7. The van der Waals surface area contributed by atoms with E-state index in [9.17, 15) is 0 Å². The quantitative estimate of drug-likeness (QED) is 0.730. The number of nitrogens with two attached hydrogens (primary N) is 1. The standard InChI is InChI=1S/C12H20N2O/c1-10(2)4-3-7-15-12-6-5-11(8-13)14-9-12/h5-6,9-10H,3-4,7-8,13H2,1-2H3. The minimum atomic E-state index is 0.480. The van der Waals surface area contributed by atoms with Crippen LogP contribution in [0.15, 0.2) is 18.3 Å². The van der Waals surface area contributed by atoms with E-state index in [1.807, 2.05) is 12.1 Å². The summed E-state index contributed by atoms with van der Waals surface area (Å²) in [4.78, 5) is 4.16. The van der Waals surface area contributed by atoms with Gasteiger partial charge in [-0.25, -0.2) is 0 Å². The van der Waals surface area contributed by atoms with E-state index in [2.05, 4.69) is 18.8 Å². The molecular formula is C12H20N2O. The van der Waals surface area contributed by atoms with Gasteiger partial charge in [0.15, 0.2) is 0 Å². The third-order valence-corrected chi connectivity index (χ3v) is 2.20. The number of hydrogen-bond donors (Lipinski definition) is 1. The molecule has 0 spiro atoms. The fourth-order valence-corrected chi connectivity index (χ4v) is 1.30. The number of pyridine rings is 1. The molecule has 0 radical (unpaired) electrons. The molecule has 0 saturated carbocycles. The van der Waals surface area contributed by atoms with Gasteiger partial charge in [-0.2, -0.15) is 0 Å². The molecule has 0 bridgehead atoms. The first kappa shape index (κ1) is 12.0. The van der Waals surface area contributed by atoms with Crippen molar-refractivity contribution in [1.29, 1.82) is 0 Å². The molecule has 15 heavy (non-hydrogen) atoms. The van der Waals surface area contributed by atoms with Crippen LogP contribution in [0.4, 0.5) is 0 Å². The molecule has 0 aliphatic carbocycles. The van der Waals surface area contributed by atoms with Crippen molar-refractivity contribution < 1.29 is 4.74 Å². The highest BCUT2D eigenvalue weighted by atomic mass is 16.5. The maximum atomic E-state index is 5.55. The monoisotopic (exact) mass is 208 g/mol. The van der Waals surface area contributed by atoms with E-state index in [0.29, 0.717) is 6.54 Å². The fourth-order valence-electron chi connectivity index (χ4n) is 1.30. The number of hydrogen-bond acceptors (Lipinski definition) is 3. The van der Waals surface area contributed by atoms with E-state index in [1.54, 1.807) is 6.20 Å². The van der Waals surface area contributed by atoms with E-state index in [4.69, 9.17) is 10.5 Å². The molecule has 0 fully saturated rings. The number of rotatable bonds is 6. The van der Waals surface area contributed by atoms with Gasteiger partial charge in [0.2, 0.25) is 0 Å². The Kier molecular flexibility index (Phi) is 5.12. The maximum absolute atomic E-state index is 5.55. The van der Waals surface area contributed by atoms with Gasteiger partial charge < -0.3 is 10.5 Å². The second-order valence-electron chi connectivity index (χ2n) is 4.07. The average molecular weight is 208 g/mol. The van der Waals surface area contributed by atoms with E-state index in [-0.39, 0.29) is 0 Å². The molecule has 0 unspecified atom stereocenters. The molecule has 0 aliphatic heterocycles. The number of aromatic nitrogens is 1. The topological polar surface area (TPSA) is 48.1 Å². The van der Waals surface area contributed by atoms with Gasteiger partial charge >= 0.3 is 0 Å². The van der Waals surface area contributed by atoms with Crippen molar-refractivity contribution in [2.24, 2.45) is 11.7 Å². The van der Waals surface area contributed by atoms with Crippen molar-refractivity contribution in [3.63, 3.8) is 0 Å². The lowest BCUT2D eigenvalue weighted by molar-refractivity contribution is 0.296. The summed E-state index contributed by atoms with van der Waals surface area (Å²) in [5.41, 5.74) is 6.34. The van der Waals surface area contributed by atoms with Crippen LogP contribution >= 0.6 is 0 Å². The van der Waals surface area contributed by atoms with E-state index < -0.39 is 0 Å². The molecule has 1 heterocycles. The zero-order valence-corrected chi connectivity index (χ0v) is 9.57. The highest BCUT2D eigenvalue weighted by Gasteiger charge is 1.97. The van der Waals surface area contributed by atoms with Crippen LogP contribution in [0.3, 0.4) is 0 Å². The Morgan fingerprint density at radius 2 is 2.20 bits per heavy atom. The molecule has 1 aromatic rings. The zero-order valence-electron chi connectivity index (χ0n) is 9.57. The molecule has 1 rings (SSSR count). The van der Waals surface area contributed by atoms with Crippen LogP contribution < -0.4 is 10.5 Å². The molecule has 0 amide bonds. The van der Waals surface area contributed by atoms with Crippen LogP contribution in [-0.4, -0.2) is 11.6 Å². The first-order chi connectivity index (χ1) is 7.22. The van der Waals surface area contributed by atoms with E-state index in [0.717, 1.165) is 30.4 Å². The SMILES string of the molecule is CC(C)CCCOc1ccc(CN)nc1. The molecular weight excluding hydrogens is 188 g/mol. The van der Waals surface area contributed by atoms with Gasteiger partial charge in [0, 0.05) is 6.54 Å². The summed E-state index contributed by atoms with van der Waals surface area (Å²) in [6.45, 7) is 5.69. The Balaban J connectivity index is 2.25. The molecule has 3 nitrogen and oxygen atoms in total. The van der Waals surface area contributed by atoms with Crippen molar-refractivity contribution >= 4 is 0 Å². The van der Waals surface area contributed by atoms with Gasteiger partial charge in [-0.15, -0.1) is 0 Å². The molecule has 84 valence electrons. The minimum Gasteiger partial charge on any atom is -0.492 e. The number of nitrogens with zero attached hydrogens (tertiary/aromatic N) is 1. The van der Waals surface area contributed by atoms with Gasteiger partial charge in [-0.3, -0.25) is 4.98 Å². The number of ether oxygens (including phenoxy) is 1. The Labute approximate surface area is 91.7 Å². The van der Waals surface area contributed by atoms with E-state index >= 15 is 0 Å². The highest BCUT2D eigenvalue weighted by Crippen LogP contribution is 2.10. The van der Waals surface area contributed by atoms with Crippen LogP contribution in [0, 0.1) is 5.92 Å². The minimum absolute atomic E-state index is 0.480. The summed E-state index contributed by atoms with van der Waals surface area (Å²) in [6, 6.07) is 3.82. The Morgan fingerprint density at radius 1 is 1.40 bits per heavy atom. The van der Waals surface area contributed by atoms with Crippen LogP contribution in [0.1, 0.15) is 32.4 Å². The van der Waals surface area contributed by atoms with E-state index in [1.165, 1.54) is 6.42 Å². The summed E-state index contributed by atoms with van der Waals surface area (Å²) >= 11 is 0. The third kappa shape index (κ3) is 4.79. The Morgan fingerprint density at radius 3 is 2.73 bits per heavy atom. The second kappa shape index (κ2) is 6.40. The molecule has 0 aromatic carbocycles. The third-order valence-electron chi connectivity index (χ3n) is 2.20. The van der Waals surface area contributed by atoms with Crippen molar-refractivity contribution in [2.45, 2.75) is 33.2 Å². The van der Waals surface area contributed by atoms with Crippen molar-refractivity contribution in [1.82, 2.24) is 4.98 Å². The van der Waals surface area contributed by atoms with Crippen molar-refractivity contribution in [3.8, 4) is 5.75 Å². The van der Waals surface area contributed by atoms with Crippen molar-refractivity contribution in [2.75, 3.05) is 6.61 Å². The van der Waals surface area contributed by atoms with Crippen LogP contribution in [0.2, 0.25) is 0 Å². The summed E-state index contributed by atoms with van der Waals surface area (Å²) < 4.78 is 5.55. The fraction of sp³-hybridized carbons (Fsp3) is 0.583. The maximum Gasteiger partial charge on any atom is 0.137 e. The predicted octanol–water partition coefficient (Wildman–Crippen LogP) is 2.36. The molecule has 2 N–H and O–H groups in total. The second-order valence-corrected chi connectivity index (χ2v) is 4.07. The van der Waals surface area contributed by atoms with Crippen LogP contribution in [0.5, 0.6) is 5.75 Å². The zero-order chi connectivity index (χ0) is 11.1. The molecule has 1 aromatic heterocycles. The average Bonchev–Trinajstić information content (AvgIpc) is 2.25. The lowest BCUT2D eigenvalue weighted by Gasteiger charge is -2.07. The van der Waals surface area contributed by atoms with Crippen LogP contribution in [-0.2, 0) is 6.54 Å². The van der Waals surface area contributed by atoms with Gasteiger partial charge in [0.1, 0.15) is 5.75 Å². The first-order valence-corrected chi connectivity index (χ1v) is 5.50. The summed E-state index contributed by atoms with van der Waals surface area (Å²) in [7, 11) is 0. The van der Waals surface area contributed by atoms with Gasteiger partial charge in [-0.1, -0.05) is 13.8 Å². The largest absolute Gasteiger partial charge is 0.492 e. The summed E-state index contributed by atoms with van der Waals surface area (Å²) in [6.07, 6.45) is 4.03. The molecule has 0 saturated heterocycles. The molecule has 0 atom stereocenters. The lowest BCUT2D eigenvalue weighted by Crippen LogP contribution is -2.02. The van der Waals surface area contributed by atoms with Gasteiger partial charge in [0.05, 0.1) is 18.5 Å². The van der Waals surface area contributed by atoms with Crippen LogP contribution in [0.25, 0.3) is 0 Å². The predicted molar refractivity (Wildman–Crippen MR) is 61.7 cm³/mol. The van der Waals surface area contributed by atoms with Gasteiger partial charge in [-0.05, 0) is 30.9 Å². The Bertz CT molecular complexity index is 269. The van der Waals surface area contributed by atoms with Gasteiger partial charge in [0.25, 0.3) is 0 Å². The highest BCUT2D eigenvalue weighted by molar-refractivity contribution is 5.19. The smallest absolute Gasteiger partial charge is 0.137 e. The summed E-state index contributed by atoms with van der Waals surface area (Å²) in [5, 5.41) is 0. The lowest BCUT2D eigenvalue weighted by atomic mass is 10.1. The first-order valence-electron chi connectivity index (χ1n) is 5.50. The summed E-state index contributed by atoms with van der Waals surface area (Å²) in [5.74, 6) is 1.57. The molecule has 0 aliphatic rings. The molecule has 3 heteroatoms.